The molecule has 3 fully saturated rings. The fourth-order valence-corrected chi connectivity index (χ4v) is 4.07. The van der Waals surface area contributed by atoms with Crippen molar-refractivity contribution >= 4 is 5.91 Å². The first-order valence-corrected chi connectivity index (χ1v) is 9.21. The third-order valence-electron chi connectivity index (χ3n) is 5.60. The van der Waals surface area contributed by atoms with Gasteiger partial charge in [0.25, 0.3) is 0 Å². The van der Waals surface area contributed by atoms with Crippen molar-refractivity contribution in [3.8, 4) is 0 Å². The van der Waals surface area contributed by atoms with Gasteiger partial charge in [0.15, 0.2) is 0 Å². The third kappa shape index (κ3) is 3.57. The SMILES string of the molecule is O=C1C(N2CCN(Cc3cccnc3C(F)(F)F)CC2)CCN1C1CC1. The molecular formula is C18H23F3N4O. The predicted molar refractivity (Wildman–Crippen MR) is 89.2 cm³/mol. The minimum atomic E-state index is -4.43. The van der Waals surface area contributed by atoms with Gasteiger partial charge in [0.1, 0.15) is 5.69 Å². The monoisotopic (exact) mass is 368 g/mol. The summed E-state index contributed by atoms with van der Waals surface area (Å²) in [6.45, 7) is 3.86. The Hall–Kier alpha value is -1.67. The minimum Gasteiger partial charge on any atom is -0.338 e. The summed E-state index contributed by atoms with van der Waals surface area (Å²) < 4.78 is 39.3. The first-order chi connectivity index (χ1) is 12.4. The van der Waals surface area contributed by atoms with Gasteiger partial charge in [0.05, 0.1) is 6.04 Å². The Bertz CT molecular complexity index is 669. The van der Waals surface area contributed by atoms with Crippen molar-refractivity contribution in [3.05, 3.63) is 29.6 Å². The van der Waals surface area contributed by atoms with Crippen LogP contribution in [0, 0.1) is 0 Å². The Morgan fingerprint density at radius 2 is 1.81 bits per heavy atom. The molecule has 3 aliphatic rings. The second kappa shape index (κ2) is 6.81. The predicted octanol–water partition coefficient (Wildman–Crippen LogP) is 1.98. The molecule has 1 saturated carbocycles. The summed E-state index contributed by atoms with van der Waals surface area (Å²) in [7, 11) is 0. The number of carbonyl (C=O) groups excluding carboxylic acids is 1. The van der Waals surface area contributed by atoms with Crippen LogP contribution in [-0.4, -0.2) is 70.4 Å². The number of piperazine rings is 1. The van der Waals surface area contributed by atoms with Crippen molar-refractivity contribution in [3.63, 3.8) is 0 Å². The highest BCUT2D eigenvalue weighted by Crippen LogP contribution is 2.33. The summed E-state index contributed by atoms with van der Waals surface area (Å²) in [6.07, 6.45) is -0.128. The molecule has 0 bridgehead atoms. The second-order valence-electron chi connectivity index (χ2n) is 7.39. The van der Waals surface area contributed by atoms with E-state index >= 15 is 0 Å². The molecule has 1 aliphatic carbocycles. The van der Waals surface area contributed by atoms with Crippen LogP contribution in [0.2, 0.25) is 0 Å². The molecule has 0 N–H and O–H groups in total. The van der Waals surface area contributed by atoms with E-state index in [0.717, 1.165) is 38.9 Å². The Labute approximate surface area is 150 Å². The van der Waals surface area contributed by atoms with Gasteiger partial charge >= 0.3 is 6.18 Å². The fourth-order valence-electron chi connectivity index (χ4n) is 4.07. The molecule has 1 atom stereocenters. The molecule has 4 rings (SSSR count). The third-order valence-corrected chi connectivity index (χ3v) is 5.60. The Kier molecular flexibility index (Phi) is 4.64. The molecule has 1 unspecified atom stereocenters. The number of aromatic nitrogens is 1. The van der Waals surface area contributed by atoms with Crippen molar-refractivity contribution in [2.24, 2.45) is 0 Å². The number of hydrogen-bond acceptors (Lipinski definition) is 4. The van der Waals surface area contributed by atoms with E-state index in [4.69, 9.17) is 0 Å². The van der Waals surface area contributed by atoms with Crippen LogP contribution in [0.3, 0.4) is 0 Å². The van der Waals surface area contributed by atoms with Gasteiger partial charge in [-0.2, -0.15) is 13.2 Å². The van der Waals surface area contributed by atoms with Crippen molar-refractivity contribution in [1.29, 1.82) is 0 Å². The summed E-state index contributed by atoms with van der Waals surface area (Å²) in [5, 5.41) is 0. The number of likely N-dealkylation sites (tertiary alicyclic amines) is 1. The molecule has 0 spiro atoms. The number of halogens is 3. The maximum absolute atomic E-state index is 13.1. The topological polar surface area (TPSA) is 39.7 Å². The first kappa shape index (κ1) is 17.7. The maximum Gasteiger partial charge on any atom is 0.433 e. The van der Waals surface area contributed by atoms with Gasteiger partial charge in [-0.05, 0) is 30.9 Å². The Morgan fingerprint density at radius 3 is 2.46 bits per heavy atom. The number of alkyl halides is 3. The summed E-state index contributed by atoms with van der Waals surface area (Å²) in [5.41, 5.74) is -0.584. The fraction of sp³-hybridized carbons (Fsp3) is 0.667. The lowest BCUT2D eigenvalue weighted by Crippen LogP contribution is -2.52. The second-order valence-corrected chi connectivity index (χ2v) is 7.39. The van der Waals surface area contributed by atoms with Crippen LogP contribution in [0.5, 0.6) is 0 Å². The first-order valence-electron chi connectivity index (χ1n) is 9.21. The van der Waals surface area contributed by atoms with E-state index in [1.54, 1.807) is 6.07 Å². The van der Waals surface area contributed by atoms with Crippen LogP contribution in [0.4, 0.5) is 13.2 Å². The average molecular weight is 368 g/mol. The van der Waals surface area contributed by atoms with Crippen LogP contribution in [0.1, 0.15) is 30.5 Å². The van der Waals surface area contributed by atoms with Crippen LogP contribution in [0.25, 0.3) is 0 Å². The molecule has 3 heterocycles. The molecule has 1 aromatic heterocycles. The lowest BCUT2D eigenvalue weighted by atomic mass is 10.1. The molecule has 1 amide bonds. The van der Waals surface area contributed by atoms with Crippen LogP contribution >= 0.6 is 0 Å². The molecule has 1 aromatic rings. The molecular weight excluding hydrogens is 345 g/mol. The quantitative estimate of drug-likeness (QED) is 0.815. The number of rotatable bonds is 4. The zero-order valence-electron chi connectivity index (χ0n) is 14.6. The number of pyridine rings is 1. The normalized spacial score (nSPS) is 25.9. The van der Waals surface area contributed by atoms with E-state index in [9.17, 15) is 18.0 Å². The lowest BCUT2D eigenvalue weighted by Gasteiger charge is -2.37. The van der Waals surface area contributed by atoms with Gasteiger partial charge in [-0.1, -0.05) is 6.07 Å². The molecule has 8 heteroatoms. The highest BCUT2D eigenvalue weighted by molar-refractivity contribution is 5.84. The van der Waals surface area contributed by atoms with E-state index in [1.165, 1.54) is 12.3 Å². The van der Waals surface area contributed by atoms with Crippen molar-refractivity contribution in [1.82, 2.24) is 19.7 Å². The molecule has 2 saturated heterocycles. The molecule has 0 radical (unpaired) electrons. The largest absolute Gasteiger partial charge is 0.433 e. The highest BCUT2D eigenvalue weighted by Gasteiger charge is 2.43. The van der Waals surface area contributed by atoms with E-state index in [1.807, 2.05) is 9.80 Å². The van der Waals surface area contributed by atoms with E-state index in [-0.39, 0.29) is 24.1 Å². The Morgan fingerprint density at radius 1 is 1.08 bits per heavy atom. The number of amides is 1. The maximum atomic E-state index is 13.1. The van der Waals surface area contributed by atoms with E-state index in [2.05, 4.69) is 9.88 Å². The van der Waals surface area contributed by atoms with E-state index < -0.39 is 11.9 Å². The molecule has 5 nitrogen and oxygen atoms in total. The number of hydrogen-bond donors (Lipinski definition) is 0. The molecule has 0 aromatic carbocycles. The van der Waals surface area contributed by atoms with E-state index in [0.29, 0.717) is 19.1 Å². The van der Waals surface area contributed by atoms with Crippen LogP contribution in [0.15, 0.2) is 18.3 Å². The standard InChI is InChI=1S/C18H23F3N4O/c19-18(20,21)16-13(2-1-6-22-16)12-23-8-10-24(11-9-23)15-5-7-25(17(15)26)14-3-4-14/h1-2,6,14-15H,3-5,7-12H2. The minimum absolute atomic E-state index is 0.0399. The number of nitrogens with zero attached hydrogens (tertiary/aromatic N) is 4. The van der Waals surface area contributed by atoms with Gasteiger partial charge in [-0.25, -0.2) is 0 Å². The Balaban J connectivity index is 1.34. The summed E-state index contributed by atoms with van der Waals surface area (Å²) in [6, 6.07) is 3.46. The van der Waals surface area contributed by atoms with Gasteiger partial charge < -0.3 is 4.90 Å². The van der Waals surface area contributed by atoms with Gasteiger partial charge in [-0.15, -0.1) is 0 Å². The summed E-state index contributed by atoms with van der Waals surface area (Å²) >= 11 is 0. The van der Waals surface area contributed by atoms with Gasteiger partial charge in [0, 0.05) is 51.5 Å². The lowest BCUT2D eigenvalue weighted by molar-refractivity contribution is -0.142. The highest BCUT2D eigenvalue weighted by atomic mass is 19.4. The van der Waals surface area contributed by atoms with Crippen molar-refractivity contribution in [2.75, 3.05) is 32.7 Å². The summed E-state index contributed by atoms with van der Waals surface area (Å²) in [4.78, 5) is 22.3. The van der Waals surface area contributed by atoms with Crippen LogP contribution in [-0.2, 0) is 17.5 Å². The molecule has 142 valence electrons. The van der Waals surface area contributed by atoms with Gasteiger partial charge in [0.2, 0.25) is 5.91 Å². The zero-order chi connectivity index (χ0) is 18.3. The van der Waals surface area contributed by atoms with Crippen LogP contribution < -0.4 is 0 Å². The molecule has 2 aliphatic heterocycles. The molecule has 26 heavy (non-hydrogen) atoms. The zero-order valence-corrected chi connectivity index (χ0v) is 14.6. The average Bonchev–Trinajstić information content (AvgIpc) is 3.38. The summed E-state index contributed by atoms with van der Waals surface area (Å²) in [5.74, 6) is 0.243. The van der Waals surface area contributed by atoms with Crippen molar-refractivity contribution in [2.45, 2.75) is 44.1 Å². The van der Waals surface area contributed by atoms with Crippen molar-refractivity contribution < 1.29 is 18.0 Å². The van der Waals surface area contributed by atoms with Gasteiger partial charge in [-0.3, -0.25) is 19.6 Å². The smallest absolute Gasteiger partial charge is 0.338 e. The number of carbonyl (C=O) groups is 1.